The van der Waals surface area contributed by atoms with Crippen molar-refractivity contribution in [2.75, 3.05) is 24.9 Å². The van der Waals surface area contributed by atoms with Crippen LogP contribution in [0.5, 0.6) is 17.2 Å². The van der Waals surface area contributed by atoms with E-state index in [-0.39, 0.29) is 18.3 Å². The van der Waals surface area contributed by atoms with Crippen molar-refractivity contribution in [1.29, 1.82) is 0 Å². The van der Waals surface area contributed by atoms with Crippen molar-refractivity contribution >= 4 is 29.1 Å². The average Bonchev–Trinajstić information content (AvgIpc) is 3.40. The normalized spacial score (nSPS) is 14.3. The Labute approximate surface area is 229 Å². The number of ether oxygens (including phenoxy) is 3. The van der Waals surface area contributed by atoms with Gasteiger partial charge in [-0.05, 0) is 42.3 Å². The van der Waals surface area contributed by atoms with E-state index in [1.54, 1.807) is 35.9 Å². The molecule has 1 aliphatic rings. The van der Waals surface area contributed by atoms with Gasteiger partial charge < -0.3 is 24.8 Å². The number of hydrogen-bond acceptors (Lipinski definition) is 7. The lowest BCUT2D eigenvalue weighted by Crippen LogP contribution is -2.31. The van der Waals surface area contributed by atoms with E-state index in [2.05, 4.69) is 20.7 Å². The Bertz CT molecular complexity index is 1550. The fraction of sp³-hybridized carbons (Fsp3) is 0.179. The number of anilines is 2. The summed E-state index contributed by atoms with van der Waals surface area (Å²) in [6.07, 6.45) is 1.42. The number of carbonyl (C=O) groups is 1. The highest BCUT2D eigenvalue weighted by Gasteiger charge is 2.34. The van der Waals surface area contributed by atoms with Gasteiger partial charge in [0.25, 0.3) is 5.91 Å². The molecule has 1 aliphatic heterocycles. The first-order valence-electron chi connectivity index (χ1n) is 11.9. The van der Waals surface area contributed by atoms with Gasteiger partial charge in [0.1, 0.15) is 42.0 Å². The first-order valence-corrected chi connectivity index (χ1v) is 12.3. The minimum absolute atomic E-state index is 0.255. The van der Waals surface area contributed by atoms with E-state index in [4.69, 9.17) is 25.8 Å². The number of amides is 1. The van der Waals surface area contributed by atoms with Crippen LogP contribution >= 0.6 is 11.6 Å². The molecule has 0 fully saturated rings. The molecule has 1 amide bonds. The van der Waals surface area contributed by atoms with E-state index >= 15 is 0 Å². The van der Waals surface area contributed by atoms with E-state index in [1.807, 2.05) is 24.3 Å². The number of benzene rings is 3. The quantitative estimate of drug-likeness (QED) is 0.295. The average molecular weight is 550 g/mol. The zero-order chi connectivity index (χ0) is 27.5. The van der Waals surface area contributed by atoms with Gasteiger partial charge in [0.05, 0.1) is 30.5 Å². The summed E-state index contributed by atoms with van der Waals surface area (Å²) in [4.78, 5) is 18.1. The van der Waals surface area contributed by atoms with Gasteiger partial charge in [0, 0.05) is 17.8 Å². The Morgan fingerprint density at radius 2 is 1.87 bits per heavy atom. The summed E-state index contributed by atoms with van der Waals surface area (Å²) in [6, 6.07) is 16.1. The Hall–Kier alpha value is -4.57. The summed E-state index contributed by atoms with van der Waals surface area (Å²) in [7, 11) is 2.98. The minimum atomic E-state index is -0.613. The van der Waals surface area contributed by atoms with Gasteiger partial charge in [-0.3, -0.25) is 4.79 Å². The maximum Gasteiger partial charge on any atom is 0.255 e. The highest BCUT2D eigenvalue weighted by molar-refractivity contribution is 6.32. The molecular formula is C28H25ClFN5O4. The molecule has 4 aromatic rings. The molecule has 0 unspecified atom stereocenters. The van der Waals surface area contributed by atoms with Crippen molar-refractivity contribution in [3.05, 3.63) is 100 Å². The zero-order valence-corrected chi connectivity index (χ0v) is 22.1. The van der Waals surface area contributed by atoms with Crippen LogP contribution in [0.1, 0.15) is 24.1 Å². The number of rotatable bonds is 8. The molecule has 200 valence electrons. The third-order valence-electron chi connectivity index (χ3n) is 6.25. The van der Waals surface area contributed by atoms with Crippen molar-refractivity contribution in [1.82, 2.24) is 14.8 Å². The third-order valence-corrected chi connectivity index (χ3v) is 6.55. The van der Waals surface area contributed by atoms with Crippen LogP contribution in [0, 0.1) is 5.82 Å². The number of methoxy groups -OCH3 is 2. The number of fused-ring (bicyclic) bond motifs is 1. The van der Waals surface area contributed by atoms with Gasteiger partial charge in [-0.1, -0.05) is 35.9 Å². The summed E-state index contributed by atoms with van der Waals surface area (Å²) >= 11 is 6.24. The molecule has 2 heterocycles. The number of hydrogen-bond donors (Lipinski definition) is 2. The van der Waals surface area contributed by atoms with E-state index in [0.29, 0.717) is 45.2 Å². The molecule has 39 heavy (non-hydrogen) atoms. The van der Waals surface area contributed by atoms with Crippen molar-refractivity contribution in [2.24, 2.45) is 0 Å². The van der Waals surface area contributed by atoms with Crippen molar-refractivity contribution in [2.45, 2.75) is 19.6 Å². The number of carbonyl (C=O) groups excluding carboxylic acids is 1. The second kappa shape index (κ2) is 11.0. The lowest BCUT2D eigenvalue weighted by Gasteiger charge is -2.29. The van der Waals surface area contributed by atoms with Crippen molar-refractivity contribution in [3.8, 4) is 17.2 Å². The van der Waals surface area contributed by atoms with Crippen LogP contribution in [0.2, 0.25) is 5.02 Å². The molecule has 3 aromatic carbocycles. The van der Waals surface area contributed by atoms with Crippen LogP contribution in [0.3, 0.4) is 0 Å². The number of halogens is 2. The van der Waals surface area contributed by atoms with Gasteiger partial charge in [0.2, 0.25) is 5.95 Å². The smallest absolute Gasteiger partial charge is 0.255 e. The zero-order valence-electron chi connectivity index (χ0n) is 21.4. The fourth-order valence-corrected chi connectivity index (χ4v) is 4.59. The lowest BCUT2D eigenvalue weighted by atomic mass is 9.94. The SMILES string of the molecule is COc1cc(NC(=O)C2=C(C)Nc3ncnn3[C@@H]2c2cccc(OCc3ccc(F)cc3)c2)c(OC)cc1Cl. The Morgan fingerprint density at radius 3 is 2.62 bits per heavy atom. The van der Waals surface area contributed by atoms with Crippen LogP contribution in [0.4, 0.5) is 16.0 Å². The van der Waals surface area contributed by atoms with Crippen molar-refractivity contribution < 1.29 is 23.4 Å². The Balaban J connectivity index is 1.47. The summed E-state index contributed by atoms with van der Waals surface area (Å²) in [6.45, 7) is 2.06. The van der Waals surface area contributed by atoms with Crippen LogP contribution in [0.15, 0.2) is 78.3 Å². The second-order valence-corrected chi connectivity index (χ2v) is 9.13. The van der Waals surface area contributed by atoms with E-state index in [1.165, 1.54) is 32.7 Å². The molecule has 0 bridgehead atoms. The highest BCUT2D eigenvalue weighted by Crippen LogP contribution is 2.39. The predicted molar refractivity (Wildman–Crippen MR) is 145 cm³/mol. The molecule has 0 radical (unpaired) electrons. The molecule has 1 aromatic heterocycles. The summed E-state index contributed by atoms with van der Waals surface area (Å²) in [5, 5.41) is 10.8. The van der Waals surface area contributed by atoms with Gasteiger partial charge in [-0.15, -0.1) is 0 Å². The molecule has 9 nitrogen and oxygen atoms in total. The summed E-state index contributed by atoms with van der Waals surface area (Å²) in [5.74, 6) is 1.16. The topological polar surface area (TPSA) is 99.5 Å². The van der Waals surface area contributed by atoms with Crippen LogP contribution in [-0.2, 0) is 11.4 Å². The second-order valence-electron chi connectivity index (χ2n) is 8.72. The number of nitrogens with zero attached hydrogens (tertiary/aromatic N) is 3. The maximum atomic E-state index is 13.8. The Kier molecular flexibility index (Phi) is 7.38. The van der Waals surface area contributed by atoms with E-state index in [0.717, 1.165) is 11.1 Å². The highest BCUT2D eigenvalue weighted by atomic mass is 35.5. The maximum absolute atomic E-state index is 13.8. The third kappa shape index (κ3) is 5.37. The number of allylic oxidation sites excluding steroid dienone is 1. The summed E-state index contributed by atoms with van der Waals surface area (Å²) in [5.41, 5.74) is 2.99. The fourth-order valence-electron chi connectivity index (χ4n) is 4.36. The van der Waals surface area contributed by atoms with Crippen molar-refractivity contribution in [3.63, 3.8) is 0 Å². The minimum Gasteiger partial charge on any atom is -0.495 e. The number of aromatic nitrogens is 3. The molecule has 0 saturated carbocycles. The standard InChI is InChI=1S/C28H25ClFN5O4/c1-16-25(27(36)34-22-13-23(37-2)21(29)12-24(22)38-3)26(35-28(33-16)31-15-32-35)18-5-4-6-20(11-18)39-14-17-7-9-19(30)10-8-17/h4-13,15,26H,14H2,1-3H3,(H,34,36)(H,31,32,33)/t26-/m1/s1. The van der Waals surface area contributed by atoms with Crippen LogP contribution < -0.4 is 24.8 Å². The molecule has 11 heteroatoms. The molecular weight excluding hydrogens is 525 g/mol. The lowest BCUT2D eigenvalue weighted by molar-refractivity contribution is -0.113. The molecule has 0 spiro atoms. The predicted octanol–water partition coefficient (Wildman–Crippen LogP) is 5.59. The first-order chi connectivity index (χ1) is 18.9. The van der Waals surface area contributed by atoms with Gasteiger partial charge in [-0.2, -0.15) is 10.1 Å². The molecule has 2 N–H and O–H groups in total. The van der Waals surface area contributed by atoms with E-state index < -0.39 is 6.04 Å². The van der Waals surface area contributed by atoms with Gasteiger partial charge >= 0.3 is 0 Å². The monoisotopic (exact) mass is 549 g/mol. The molecule has 0 aliphatic carbocycles. The van der Waals surface area contributed by atoms with Crippen LogP contribution in [0.25, 0.3) is 0 Å². The van der Waals surface area contributed by atoms with E-state index in [9.17, 15) is 9.18 Å². The molecule has 5 rings (SSSR count). The molecule has 0 saturated heterocycles. The summed E-state index contributed by atoms with van der Waals surface area (Å²) < 4.78 is 31.6. The molecule has 1 atom stereocenters. The van der Waals surface area contributed by atoms with Gasteiger partial charge in [0.15, 0.2) is 0 Å². The first kappa shape index (κ1) is 26.1. The Morgan fingerprint density at radius 1 is 1.10 bits per heavy atom. The largest absolute Gasteiger partial charge is 0.495 e. The number of nitrogens with one attached hydrogen (secondary N) is 2. The van der Waals surface area contributed by atoms with Gasteiger partial charge in [-0.25, -0.2) is 9.07 Å². The van der Waals surface area contributed by atoms with Crippen LogP contribution in [-0.4, -0.2) is 34.9 Å².